The van der Waals surface area contributed by atoms with Crippen LogP contribution in [-0.4, -0.2) is 16.8 Å². The number of ether oxygens (including phenoxy) is 1. The number of amides is 2. The monoisotopic (exact) mass is 443 g/mol. The van der Waals surface area contributed by atoms with Crippen LogP contribution in [0.3, 0.4) is 0 Å². The Morgan fingerprint density at radius 1 is 1.13 bits per heavy atom. The van der Waals surface area contributed by atoms with Gasteiger partial charge in [-0.15, -0.1) is 11.3 Å². The smallest absolute Gasteiger partial charge is 0.248 e. The maximum absolute atomic E-state index is 13.6. The second-order valence-corrected chi connectivity index (χ2v) is 7.56. The number of nitrogens with one attached hydrogen (secondary N) is 2. The lowest BCUT2D eigenvalue weighted by atomic mass is 10.2. The van der Waals surface area contributed by atoms with Gasteiger partial charge in [0.05, 0.1) is 22.1 Å². The molecule has 0 bridgehead atoms. The van der Waals surface area contributed by atoms with E-state index < -0.39 is 23.4 Å². The molecule has 9 heteroatoms. The molecule has 0 spiro atoms. The van der Waals surface area contributed by atoms with Crippen LogP contribution in [0.5, 0.6) is 5.75 Å². The van der Waals surface area contributed by atoms with E-state index in [1.165, 1.54) is 30.4 Å². The third-order valence-corrected chi connectivity index (χ3v) is 4.83. The van der Waals surface area contributed by atoms with Crippen LogP contribution in [-0.2, 0) is 16.2 Å². The van der Waals surface area contributed by atoms with Gasteiger partial charge < -0.3 is 15.4 Å². The van der Waals surface area contributed by atoms with E-state index in [2.05, 4.69) is 15.6 Å². The van der Waals surface area contributed by atoms with Crippen LogP contribution in [0.25, 0.3) is 6.08 Å². The molecule has 0 aliphatic heterocycles. The average molecular weight is 443 g/mol. The fraction of sp³-hybridized carbons (Fsp3) is 0.136. The summed E-state index contributed by atoms with van der Waals surface area (Å²) in [6.45, 7) is 3.42. The van der Waals surface area contributed by atoms with E-state index in [0.717, 1.165) is 22.8 Å². The number of carbonyl (C=O) groups is 2. The Hall–Kier alpha value is -3.59. The Kier molecular flexibility index (Phi) is 7.09. The van der Waals surface area contributed by atoms with Gasteiger partial charge in [0, 0.05) is 36.1 Å². The molecular formula is C22H19F2N3O3S. The van der Waals surface area contributed by atoms with Crippen LogP contribution < -0.4 is 15.4 Å². The zero-order valence-electron chi connectivity index (χ0n) is 16.7. The highest BCUT2D eigenvalue weighted by Crippen LogP contribution is 2.26. The number of aryl methyl sites for hydroxylation is 1. The molecule has 31 heavy (non-hydrogen) atoms. The fourth-order valence-corrected chi connectivity index (χ4v) is 3.26. The lowest BCUT2D eigenvalue weighted by molar-refractivity contribution is -0.114. The van der Waals surface area contributed by atoms with Gasteiger partial charge in [0.1, 0.15) is 12.4 Å². The van der Waals surface area contributed by atoms with E-state index >= 15 is 0 Å². The second kappa shape index (κ2) is 9.94. The van der Waals surface area contributed by atoms with Crippen molar-refractivity contribution in [2.24, 2.45) is 0 Å². The van der Waals surface area contributed by atoms with E-state index in [-0.39, 0.29) is 18.0 Å². The van der Waals surface area contributed by atoms with Gasteiger partial charge >= 0.3 is 0 Å². The van der Waals surface area contributed by atoms with Crippen molar-refractivity contribution in [1.29, 1.82) is 0 Å². The van der Waals surface area contributed by atoms with Gasteiger partial charge in [-0.05, 0) is 19.1 Å². The SMILES string of the molecule is CC(=O)Nc1cc(F)c(F)cc1NC(=O)C=Cc1ccccc1OCc1csc(C)n1. The Bertz CT molecular complexity index is 1140. The summed E-state index contributed by atoms with van der Waals surface area (Å²) in [5.74, 6) is -2.81. The fourth-order valence-electron chi connectivity index (χ4n) is 2.66. The number of para-hydroxylation sites is 1. The summed E-state index contributed by atoms with van der Waals surface area (Å²) in [4.78, 5) is 28.0. The number of anilines is 2. The van der Waals surface area contributed by atoms with E-state index in [9.17, 15) is 18.4 Å². The Balaban J connectivity index is 1.72. The summed E-state index contributed by atoms with van der Waals surface area (Å²) in [7, 11) is 0. The summed E-state index contributed by atoms with van der Waals surface area (Å²) < 4.78 is 32.9. The first-order valence-electron chi connectivity index (χ1n) is 9.20. The predicted molar refractivity (Wildman–Crippen MR) is 116 cm³/mol. The first kappa shape index (κ1) is 22.1. The molecule has 2 aromatic carbocycles. The van der Waals surface area contributed by atoms with Crippen LogP contribution in [0, 0.1) is 18.6 Å². The number of thiazole rings is 1. The van der Waals surface area contributed by atoms with Gasteiger partial charge in [-0.1, -0.05) is 18.2 Å². The molecule has 0 unspecified atom stereocenters. The predicted octanol–water partition coefficient (Wildman–Crippen LogP) is 4.92. The number of hydrogen-bond donors (Lipinski definition) is 2. The first-order valence-corrected chi connectivity index (χ1v) is 10.1. The maximum atomic E-state index is 13.6. The van der Waals surface area contributed by atoms with E-state index in [0.29, 0.717) is 11.3 Å². The molecule has 0 aliphatic carbocycles. The number of carbonyl (C=O) groups excluding carboxylic acids is 2. The van der Waals surface area contributed by atoms with Gasteiger partial charge in [0.2, 0.25) is 11.8 Å². The van der Waals surface area contributed by atoms with Gasteiger partial charge in [-0.25, -0.2) is 13.8 Å². The molecule has 1 heterocycles. The highest BCUT2D eigenvalue weighted by atomic mass is 32.1. The standard InChI is InChI=1S/C22H19F2N3O3S/c1-13(28)25-19-9-17(23)18(24)10-20(19)27-22(29)8-7-15-5-3-4-6-21(15)30-11-16-12-31-14(2)26-16/h3-10,12H,11H2,1-2H3,(H,25,28)(H,27,29). The van der Waals surface area contributed by atoms with Crippen LogP contribution in [0.1, 0.15) is 23.2 Å². The van der Waals surface area contributed by atoms with E-state index in [4.69, 9.17) is 4.74 Å². The van der Waals surface area contributed by atoms with E-state index in [1.54, 1.807) is 24.3 Å². The first-order chi connectivity index (χ1) is 14.8. The van der Waals surface area contributed by atoms with Crippen molar-refractivity contribution < 1.29 is 23.1 Å². The summed E-state index contributed by atoms with van der Waals surface area (Å²) >= 11 is 1.53. The molecular weight excluding hydrogens is 424 g/mol. The highest BCUT2D eigenvalue weighted by molar-refractivity contribution is 7.09. The second-order valence-electron chi connectivity index (χ2n) is 6.50. The zero-order valence-corrected chi connectivity index (χ0v) is 17.6. The number of aromatic nitrogens is 1. The minimum Gasteiger partial charge on any atom is -0.487 e. The molecule has 3 aromatic rings. The van der Waals surface area contributed by atoms with Gasteiger partial charge in [0.25, 0.3) is 0 Å². The molecule has 0 atom stereocenters. The number of rotatable bonds is 7. The topological polar surface area (TPSA) is 80.3 Å². The lowest BCUT2D eigenvalue weighted by Gasteiger charge is -2.11. The minimum atomic E-state index is -1.15. The number of nitrogens with zero attached hydrogens (tertiary/aromatic N) is 1. The van der Waals surface area contributed by atoms with Crippen molar-refractivity contribution in [3.63, 3.8) is 0 Å². The molecule has 1 aromatic heterocycles. The molecule has 2 amide bonds. The zero-order chi connectivity index (χ0) is 22.4. The summed E-state index contributed by atoms with van der Waals surface area (Å²) in [6.07, 6.45) is 2.77. The third kappa shape index (κ3) is 6.19. The normalized spacial score (nSPS) is 10.8. The Morgan fingerprint density at radius 2 is 1.81 bits per heavy atom. The molecule has 0 fully saturated rings. The molecule has 2 N–H and O–H groups in total. The quantitative estimate of drug-likeness (QED) is 0.508. The summed E-state index contributed by atoms with van der Waals surface area (Å²) in [5, 5.41) is 7.65. The largest absolute Gasteiger partial charge is 0.487 e. The number of halogens is 2. The Morgan fingerprint density at radius 3 is 2.45 bits per heavy atom. The molecule has 0 saturated heterocycles. The van der Waals surface area contributed by atoms with Crippen LogP contribution in [0.4, 0.5) is 20.2 Å². The van der Waals surface area contributed by atoms with Crippen molar-refractivity contribution in [2.75, 3.05) is 10.6 Å². The molecule has 6 nitrogen and oxygen atoms in total. The van der Waals surface area contributed by atoms with Crippen molar-refractivity contribution in [3.8, 4) is 5.75 Å². The maximum Gasteiger partial charge on any atom is 0.248 e. The summed E-state index contributed by atoms with van der Waals surface area (Å²) in [5.41, 5.74) is 1.35. The summed E-state index contributed by atoms with van der Waals surface area (Å²) in [6, 6.07) is 8.74. The molecule has 3 rings (SSSR count). The number of benzene rings is 2. The van der Waals surface area contributed by atoms with Crippen molar-refractivity contribution >= 4 is 40.6 Å². The molecule has 0 saturated carbocycles. The third-order valence-electron chi connectivity index (χ3n) is 4.00. The van der Waals surface area contributed by atoms with E-state index in [1.807, 2.05) is 12.3 Å². The van der Waals surface area contributed by atoms with Gasteiger partial charge in [-0.3, -0.25) is 9.59 Å². The Labute approximate surface area is 181 Å². The van der Waals surface area contributed by atoms with Crippen molar-refractivity contribution in [3.05, 3.63) is 75.8 Å². The van der Waals surface area contributed by atoms with Crippen LogP contribution in [0.2, 0.25) is 0 Å². The highest BCUT2D eigenvalue weighted by Gasteiger charge is 2.13. The molecule has 160 valence electrons. The van der Waals surface area contributed by atoms with Gasteiger partial charge in [0.15, 0.2) is 11.6 Å². The van der Waals surface area contributed by atoms with Crippen molar-refractivity contribution in [2.45, 2.75) is 20.5 Å². The van der Waals surface area contributed by atoms with Gasteiger partial charge in [-0.2, -0.15) is 0 Å². The molecule has 0 aliphatic rings. The molecule has 0 radical (unpaired) electrons. The minimum absolute atomic E-state index is 0.0459. The van der Waals surface area contributed by atoms with Crippen LogP contribution in [0.15, 0.2) is 47.9 Å². The van der Waals surface area contributed by atoms with Crippen molar-refractivity contribution in [1.82, 2.24) is 4.98 Å². The lowest BCUT2D eigenvalue weighted by Crippen LogP contribution is -2.14. The number of hydrogen-bond acceptors (Lipinski definition) is 5. The average Bonchev–Trinajstić information content (AvgIpc) is 3.14. The van der Waals surface area contributed by atoms with Crippen LogP contribution >= 0.6 is 11.3 Å².